The van der Waals surface area contributed by atoms with Gasteiger partial charge in [-0.3, -0.25) is 0 Å². The summed E-state index contributed by atoms with van der Waals surface area (Å²) in [4.78, 5) is 0. The largest absolute Gasteiger partial charge is 2.00 e. The molecule has 0 saturated heterocycles. The van der Waals surface area contributed by atoms with Gasteiger partial charge < -0.3 is 23.9 Å². The van der Waals surface area contributed by atoms with E-state index in [9.17, 15) is 0 Å². The molecule has 0 atom stereocenters. The van der Waals surface area contributed by atoms with E-state index in [-0.39, 0.29) is 40.0 Å². The van der Waals surface area contributed by atoms with E-state index in [4.69, 9.17) is 0 Å². The fourth-order valence-electron chi connectivity index (χ4n) is 1.76. The molecule has 1 aliphatic rings. The molecule has 0 nitrogen and oxygen atoms in total. The van der Waals surface area contributed by atoms with Crippen LogP contribution in [0.15, 0.2) is 0 Å². The van der Waals surface area contributed by atoms with Gasteiger partial charge in [0.15, 0.2) is 0 Å². The van der Waals surface area contributed by atoms with Gasteiger partial charge in [0.1, 0.15) is 0 Å². The zero-order valence-corrected chi connectivity index (χ0v) is 10.3. The Morgan fingerprint density at radius 3 is 2.09 bits per heavy atom. The maximum atomic E-state index is 3.88. The first-order valence-corrected chi connectivity index (χ1v) is 4.22. The summed E-state index contributed by atoms with van der Waals surface area (Å²) in [6.07, 6.45) is 9.92. The fraction of sp³-hybridized carbons (Fsp3) is 0.889. The molecule has 0 bridgehead atoms. The molecule has 1 aliphatic carbocycles. The van der Waals surface area contributed by atoms with Gasteiger partial charge in [0.05, 0.1) is 0 Å². The Hall–Kier alpha value is 1.25. The molecular weight excluding hydrogens is 212 g/mol. The SMILES string of the molecule is [Br-].[CH2-]CCC1CCCCC1.[Mg+2]. The average molecular weight is 229 g/mol. The van der Waals surface area contributed by atoms with E-state index in [0.29, 0.717) is 0 Å². The first-order chi connectivity index (χ1) is 4.43. The molecule has 0 spiro atoms. The van der Waals surface area contributed by atoms with Gasteiger partial charge in [0.2, 0.25) is 0 Å². The van der Waals surface area contributed by atoms with Crippen molar-refractivity contribution in [3.63, 3.8) is 0 Å². The van der Waals surface area contributed by atoms with Gasteiger partial charge in [-0.15, -0.1) is 0 Å². The number of rotatable bonds is 2. The van der Waals surface area contributed by atoms with E-state index in [1.807, 2.05) is 0 Å². The maximum Gasteiger partial charge on any atom is 2.00 e. The van der Waals surface area contributed by atoms with Gasteiger partial charge in [0.25, 0.3) is 0 Å². The Morgan fingerprint density at radius 1 is 1.09 bits per heavy atom. The smallest absolute Gasteiger partial charge is 1.00 e. The second kappa shape index (κ2) is 9.34. The zero-order chi connectivity index (χ0) is 6.53. The van der Waals surface area contributed by atoms with Crippen molar-refractivity contribution in [2.45, 2.75) is 44.9 Å². The van der Waals surface area contributed by atoms with Crippen molar-refractivity contribution >= 4 is 23.1 Å². The van der Waals surface area contributed by atoms with E-state index in [0.717, 1.165) is 12.3 Å². The summed E-state index contributed by atoms with van der Waals surface area (Å²) >= 11 is 0. The van der Waals surface area contributed by atoms with E-state index in [1.165, 1.54) is 38.5 Å². The minimum Gasteiger partial charge on any atom is -1.00 e. The Labute approximate surface area is 97.4 Å². The average Bonchev–Trinajstić information content (AvgIpc) is 1.91. The quantitative estimate of drug-likeness (QED) is 0.455. The second-order valence-electron chi connectivity index (χ2n) is 3.15. The monoisotopic (exact) mass is 228 g/mol. The van der Waals surface area contributed by atoms with Crippen LogP contribution in [0.25, 0.3) is 0 Å². The molecule has 0 radical (unpaired) electrons. The van der Waals surface area contributed by atoms with Crippen molar-refractivity contribution in [1.82, 2.24) is 0 Å². The topological polar surface area (TPSA) is 0 Å². The van der Waals surface area contributed by atoms with Crippen molar-refractivity contribution < 1.29 is 17.0 Å². The van der Waals surface area contributed by atoms with Crippen LogP contribution in [-0.2, 0) is 0 Å². The summed E-state index contributed by atoms with van der Waals surface area (Å²) in [6.45, 7) is 3.88. The second-order valence-corrected chi connectivity index (χ2v) is 3.15. The molecule has 0 unspecified atom stereocenters. The van der Waals surface area contributed by atoms with E-state index < -0.39 is 0 Å². The van der Waals surface area contributed by atoms with Crippen molar-refractivity contribution in [3.8, 4) is 0 Å². The molecule has 0 aromatic heterocycles. The van der Waals surface area contributed by atoms with Gasteiger partial charge in [0, 0.05) is 0 Å². The van der Waals surface area contributed by atoms with Crippen LogP contribution < -0.4 is 17.0 Å². The van der Waals surface area contributed by atoms with Crippen molar-refractivity contribution in [2.24, 2.45) is 5.92 Å². The molecular formula is C9H17BrMg. The van der Waals surface area contributed by atoms with Gasteiger partial charge in [-0.1, -0.05) is 38.5 Å². The predicted molar refractivity (Wildman–Crippen MR) is 46.9 cm³/mol. The first kappa shape index (κ1) is 14.8. The summed E-state index contributed by atoms with van der Waals surface area (Å²) in [5.74, 6) is 1.04. The van der Waals surface area contributed by atoms with Crippen LogP contribution in [0, 0.1) is 12.8 Å². The third kappa shape index (κ3) is 6.41. The van der Waals surface area contributed by atoms with Crippen LogP contribution in [0.3, 0.4) is 0 Å². The van der Waals surface area contributed by atoms with Crippen LogP contribution in [0.5, 0.6) is 0 Å². The standard InChI is InChI=1S/C9H17.BrH.Mg/c1-2-6-9-7-4-3-5-8-9;;/h9H,1-8H2;1H;/q-1;;+2/p-1. The molecule has 11 heavy (non-hydrogen) atoms. The zero-order valence-electron chi connectivity index (χ0n) is 7.32. The van der Waals surface area contributed by atoms with Crippen molar-refractivity contribution in [1.29, 1.82) is 0 Å². The van der Waals surface area contributed by atoms with Gasteiger partial charge in [-0.25, -0.2) is 0 Å². The minimum absolute atomic E-state index is 0. The van der Waals surface area contributed by atoms with Crippen LogP contribution in [0.1, 0.15) is 44.9 Å². The van der Waals surface area contributed by atoms with Crippen LogP contribution in [0.2, 0.25) is 0 Å². The third-order valence-corrected chi connectivity index (χ3v) is 2.34. The number of halogens is 1. The first-order valence-electron chi connectivity index (χ1n) is 4.22. The molecule has 1 rings (SSSR count). The molecule has 0 heterocycles. The van der Waals surface area contributed by atoms with E-state index in [2.05, 4.69) is 6.92 Å². The summed E-state index contributed by atoms with van der Waals surface area (Å²) in [5, 5.41) is 0. The van der Waals surface area contributed by atoms with Gasteiger partial charge in [-0.2, -0.15) is 6.42 Å². The van der Waals surface area contributed by atoms with E-state index >= 15 is 0 Å². The van der Waals surface area contributed by atoms with Gasteiger partial charge >= 0.3 is 23.1 Å². The Balaban J connectivity index is 0. The van der Waals surface area contributed by atoms with Gasteiger partial charge in [-0.05, 0) is 5.92 Å². The molecule has 0 N–H and O–H groups in total. The van der Waals surface area contributed by atoms with Crippen LogP contribution in [0.4, 0.5) is 0 Å². The molecule has 0 aromatic rings. The van der Waals surface area contributed by atoms with Crippen LogP contribution >= 0.6 is 0 Å². The number of hydrogen-bond donors (Lipinski definition) is 0. The Morgan fingerprint density at radius 2 is 1.64 bits per heavy atom. The van der Waals surface area contributed by atoms with Crippen molar-refractivity contribution in [2.75, 3.05) is 0 Å². The molecule has 0 aliphatic heterocycles. The normalized spacial score (nSPS) is 18.3. The van der Waals surface area contributed by atoms with Crippen LogP contribution in [-0.4, -0.2) is 23.1 Å². The third-order valence-electron chi connectivity index (χ3n) is 2.34. The molecule has 0 amide bonds. The Bertz CT molecular complexity index is 67.2. The van der Waals surface area contributed by atoms with Crippen molar-refractivity contribution in [3.05, 3.63) is 6.92 Å². The Kier molecular flexibility index (Phi) is 12.5. The molecule has 1 saturated carbocycles. The predicted octanol–water partition coefficient (Wildman–Crippen LogP) is -0.196. The molecule has 0 aromatic carbocycles. The molecule has 1 fully saturated rings. The summed E-state index contributed by atoms with van der Waals surface area (Å²) in [5.41, 5.74) is 0. The molecule has 2 heteroatoms. The number of hydrogen-bond acceptors (Lipinski definition) is 0. The minimum atomic E-state index is 0. The summed E-state index contributed by atoms with van der Waals surface area (Å²) < 4.78 is 0. The van der Waals surface area contributed by atoms with E-state index in [1.54, 1.807) is 0 Å². The maximum absolute atomic E-state index is 3.88. The molecule has 62 valence electrons. The summed E-state index contributed by atoms with van der Waals surface area (Å²) in [7, 11) is 0. The fourth-order valence-corrected chi connectivity index (χ4v) is 1.76. The summed E-state index contributed by atoms with van der Waals surface area (Å²) in [6, 6.07) is 0.